The molecule has 1 aromatic rings. The van der Waals surface area contributed by atoms with E-state index in [4.69, 9.17) is 5.73 Å². The van der Waals surface area contributed by atoms with E-state index in [0.717, 1.165) is 18.7 Å². The number of hydrogen-bond donors (Lipinski definition) is 1. The van der Waals surface area contributed by atoms with Crippen LogP contribution in [0.3, 0.4) is 0 Å². The Bertz CT molecular complexity index is 462. The van der Waals surface area contributed by atoms with Crippen molar-refractivity contribution >= 4 is 15.9 Å². The molecule has 2 nitrogen and oxygen atoms in total. The van der Waals surface area contributed by atoms with E-state index >= 15 is 0 Å². The van der Waals surface area contributed by atoms with Crippen molar-refractivity contribution in [1.82, 2.24) is 4.90 Å². The number of nitrogens with two attached hydrogens (primary N) is 1. The first-order valence-corrected chi connectivity index (χ1v) is 8.11. The van der Waals surface area contributed by atoms with Crippen LogP contribution in [0.25, 0.3) is 0 Å². The highest BCUT2D eigenvalue weighted by Gasteiger charge is 2.27. The Kier molecular flexibility index (Phi) is 5.21. The van der Waals surface area contributed by atoms with Crippen LogP contribution in [0, 0.1) is 11.2 Å². The number of hydrogen-bond acceptors (Lipinski definition) is 2. The summed E-state index contributed by atoms with van der Waals surface area (Å²) in [5.41, 5.74) is 7.50. The first-order valence-electron chi connectivity index (χ1n) is 7.32. The van der Waals surface area contributed by atoms with Crippen molar-refractivity contribution in [3.63, 3.8) is 0 Å². The molecule has 2 N–H and O–H groups in total. The molecule has 112 valence electrons. The van der Waals surface area contributed by atoms with Gasteiger partial charge >= 0.3 is 0 Å². The lowest BCUT2D eigenvalue weighted by Gasteiger charge is -2.31. The van der Waals surface area contributed by atoms with Gasteiger partial charge in [-0.05, 0) is 71.4 Å². The molecule has 1 aliphatic rings. The molecule has 1 atom stereocenters. The molecule has 1 saturated heterocycles. The van der Waals surface area contributed by atoms with Gasteiger partial charge in [0.2, 0.25) is 0 Å². The average Bonchev–Trinajstić information content (AvgIpc) is 2.56. The third-order valence-corrected chi connectivity index (χ3v) is 4.97. The summed E-state index contributed by atoms with van der Waals surface area (Å²) in [5.74, 6) is -0.221. The molecule has 1 fully saturated rings. The zero-order valence-corrected chi connectivity index (χ0v) is 13.9. The van der Waals surface area contributed by atoms with Gasteiger partial charge < -0.3 is 5.73 Å². The summed E-state index contributed by atoms with van der Waals surface area (Å²) >= 11 is 3.27. The van der Waals surface area contributed by atoms with E-state index < -0.39 is 0 Å². The molecular weight excluding hydrogens is 319 g/mol. The van der Waals surface area contributed by atoms with E-state index in [9.17, 15) is 4.39 Å². The molecule has 1 aliphatic heterocycles. The summed E-state index contributed by atoms with van der Waals surface area (Å²) in [6.45, 7) is 7.37. The van der Waals surface area contributed by atoms with Gasteiger partial charge in [0.1, 0.15) is 5.82 Å². The molecular formula is C16H24BrFN2. The first kappa shape index (κ1) is 15.9. The number of rotatable bonds is 3. The largest absolute Gasteiger partial charge is 0.329 e. The van der Waals surface area contributed by atoms with E-state index in [1.807, 2.05) is 12.1 Å². The van der Waals surface area contributed by atoms with Crippen LogP contribution in [-0.2, 0) is 0 Å². The van der Waals surface area contributed by atoms with Crippen molar-refractivity contribution in [2.75, 3.05) is 19.6 Å². The predicted octanol–water partition coefficient (Wildman–Crippen LogP) is 4.10. The first-order chi connectivity index (χ1) is 9.43. The Balaban J connectivity index is 2.17. The number of nitrogens with zero attached hydrogens (tertiary/aromatic N) is 1. The van der Waals surface area contributed by atoms with E-state index in [0.29, 0.717) is 16.4 Å². The Morgan fingerprint density at radius 2 is 2.10 bits per heavy atom. The normalized spacial score (nSPS) is 21.4. The lowest BCUT2D eigenvalue weighted by molar-refractivity contribution is 0.200. The lowest BCUT2D eigenvalue weighted by atomic mass is 9.85. The minimum atomic E-state index is -0.221. The minimum absolute atomic E-state index is 0.181. The molecule has 0 bridgehead atoms. The van der Waals surface area contributed by atoms with Crippen molar-refractivity contribution < 1.29 is 4.39 Å². The molecule has 2 rings (SSSR count). The Hall–Kier alpha value is -0.450. The molecule has 0 spiro atoms. The molecule has 0 saturated carbocycles. The van der Waals surface area contributed by atoms with Crippen molar-refractivity contribution in [3.05, 3.63) is 34.1 Å². The minimum Gasteiger partial charge on any atom is -0.329 e. The van der Waals surface area contributed by atoms with Crippen molar-refractivity contribution in [3.8, 4) is 0 Å². The van der Waals surface area contributed by atoms with Gasteiger partial charge in [0.15, 0.2) is 0 Å². The molecule has 1 aromatic carbocycles. The second-order valence-corrected chi connectivity index (χ2v) is 7.33. The summed E-state index contributed by atoms with van der Waals surface area (Å²) in [7, 11) is 0. The van der Waals surface area contributed by atoms with Crippen LogP contribution in [0.2, 0.25) is 0 Å². The maximum atomic E-state index is 13.4. The summed E-state index contributed by atoms with van der Waals surface area (Å²) in [6, 6.07) is 5.42. The highest BCUT2D eigenvalue weighted by Crippen LogP contribution is 2.33. The molecule has 1 unspecified atom stereocenters. The van der Waals surface area contributed by atoms with Gasteiger partial charge in [-0.2, -0.15) is 0 Å². The van der Waals surface area contributed by atoms with Gasteiger partial charge in [0, 0.05) is 12.6 Å². The molecule has 1 heterocycles. The standard InChI is InChI=1S/C16H24BrFN2/c1-16(2)6-3-8-20(9-7-16)15(11-19)12-4-5-14(18)13(17)10-12/h4-5,10,15H,3,6-9,11,19H2,1-2H3. The fraction of sp³-hybridized carbons (Fsp3) is 0.625. The maximum Gasteiger partial charge on any atom is 0.137 e. The molecule has 0 aromatic heterocycles. The van der Waals surface area contributed by atoms with E-state index in [1.165, 1.54) is 25.3 Å². The monoisotopic (exact) mass is 342 g/mol. The maximum absolute atomic E-state index is 13.4. The van der Waals surface area contributed by atoms with Crippen LogP contribution in [-0.4, -0.2) is 24.5 Å². The Morgan fingerprint density at radius 1 is 1.35 bits per heavy atom. The van der Waals surface area contributed by atoms with Gasteiger partial charge in [-0.3, -0.25) is 4.90 Å². The topological polar surface area (TPSA) is 29.3 Å². The summed E-state index contributed by atoms with van der Waals surface area (Å²) in [6.07, 6.45) is 3.64. The zero-order chi connectivity index (χ0) is 14.8. The van der Waals surface area contributed by atoms with Crippen LogP contribution in [0.15, 0.2) is 22.7 Å². The van der Waals surface area contributed by atoms with Gasteiger partial charge in [-0.25, -0.2) is 4.39 Å². The van der Waals surface area contributed by atoms with Crippen LogP contribution in [0.4, 0.5) is 4.39 Å². The fourth-order valence-electron chi connectivity index (χ4n) is 2.97. The zero-order valence-electron chi connectivity index (χ0n) is 12.3. The summed E-state index contributed by atoms with van der Waals surface area (Å²) in [5, 5.41) is 0. The van der Waals surface area contributed by atoms with E-state index in [2.05, 4.69) is 34.7 Å². The van der Waals surface area contributed by atoms with Gasteiger partial charge in [-0.15, -0.1) is 0 Å². The van der Waals surface area contributed by atoms with E-state index in [1.54, 1.807) is 0 Å². The van der Waals surface area contributed by atoms with Crippen molar-refractivity contribution in [2.24, 2.45) is 11.1 Å². The van der Waals surface area contributed by atoms with Gasteiger partial charge in [0.05, 0.1) is 4.47 Å². The fourth-order valence-corrected chi connectivity index (χ4v) is 3.37. The average molecular weight is 343 g/mol. The summed E-state index contributed by atoms with van der Waals surface area (Å²) in [4.78, 5) is 2.45. The predicted molar refractivity (Wildman–Crippen MR) is 85.1 cm³/mol. The SMILES string of the molecule is CC1(C)CCCN(C(CN)c2ccc(F)c(Br)c2)CC1. The second kappa shape index (κ2) is 6.54. The lowest BCUT2D eigenvalue weighted by Crippen LogP contribution is -2.35. The third kappa shape index (κ3) is 3.80. The van der Waals surface area contributed by atoms with Gasteiger partial charge in [-0.1, -0.05) is 19.9 Å². The quantitative estimate of drug-likeness (QED) is 0.895. The van der Waals surface area contributed by atoms with Crippen LogP contribution in [0.5, 0.6) is 0 Å². The molecule has 0 radical (unpaired) electrons. The van der Waals surface area contributed by atoms with Crippen LogP contribution >= 0.6 is 15.9 Å². The number of likely N-dealkylation sites (tertiary alicyclic amines) is 1. The Morgan fingerprint density at radius 3 is 2.75 bits per heavy atom. The number of halogens is 2. The highest BCUT2D eigenvalue weighted by molar-refractivity contribution is 9.10. The number of benzene rings is 1. The third-order valence-electron chi connectivity index (χ3n) is 4.37. The highest BCUT2D eigenvalue weighted by atomic mass is 79.9. The van der Waals surface area contributed by atoms with Crippen molar-refractivity contribution in [2.45, 2.75) is 39.2 Å². The Labute approximate surface area is 129 Å². The van der Waals surface area contributed by atoms with Gasteiger partial charge in [0.25, 0.3) is 0 Å². The smallest absolute Gasteiger partial charge is 0.137 e. The molecule has 0 aliphatic carbocycles. The molecule has 20 heavy (non-hydrogen) atoms. The van der Waals surface area contributed by atoms with Crippen LogP contribution in [0.1, 0.15) is 44.7 Å². The molecule has 0 amide bonds. The second-order valence-electron chi connectivity index (χ2n) is 6.48. The van der Waals surface area contributed by atoms with Crippen LogP contribution < -0.4 is 5.73 Å². The van der Waals surface area contributed by atoms with E-state index in [-0.39, 0.29) is 11.9 Å². The summed E-state index contributed by atoms with van der Waals surface area (Å²) < 4.78 is 13.9. The van der Waals surface area contributed by atoms with Crippen molar-refractivity contribution in [1.29, 1.82) is 0 Å². The molecule has 4 heteroatoms.